The van der Waals surface area contributed by atoms with Gasteiger partial charge in [0.25, 0.3) is 0 Å². The van der Waals surface area contributed by atoms with Gasteiger partial charge in [-0.05, 0) is 43.9 Å². The molecule has 0 spiro atoms. The van der Waals surface area contributed by atoms with Gasteiger partial charge in [0.05, 0.1) is 19.4 Å². The third-order valence-electron chi connectivity index (χ3n) is 4.64. The zero-order chi connectivity index (χ0) is 16.7. The van der Waals surface area contributed by atoms with Crippen molar-refractivity contribution in [3.05, 3.63) is 18.2 Å². The summed E-state index contributed by atoms with van der Waals surface area (Å²) in [6.07, 6.45) is 6.10. The second-order valence-corrected chi connectivity index (χ2v) is 6.28. The molecule has 128 valence electrons. The van der Waals surface area contributed by atoms with Crippen LogP contribution < -0.4 is 20.5 Å². The Morgan fingerprint density at radius 1 is 1.30 bits per heavy atom. The second kappa shape index (κ2) is 8.20. The maximum absolute atomic E-state index is 12.5. The van der Waals surface area contributed by atoms with E-state index in [1.165, 1.54) is 6.42 Å². The van der Waals surface area contributed by atoms with Gasteiger partial charge in [-0.15, -0.1) is 0 Å². The Balaban J connectivity index is 2.09. The van der Waals surface area contributed by atoms with Crippen LogP contribution in [0.1, 0.15) is 45.4 Å². The first-order valence-corrected chi connectivity index (χ1v) is 8.43. The highest BCUT2D eigenvalue weighted by Crippen LogP contribution is 2.39. The average molecular weight is 320 g/mol. The van der Waals surface area contributed by atoms with Crippen LogP contribution in [0.25, 0.3) is 0 Å². The largest absolute Gasteiger partial charge is 0.497 e. The summed E-state index contributed by atoms with van der Waals surface area (Å²) in [5, 5.41) is 2.98. The molecule has 1 amide bonds. The molecular formula is C18H28N2O3. The summed E-state index contributed by atoms with van der Waals surface area (Å²) in [5.41, 5.74) is 6.58. The highest BCUT2D eigenvalue weighted by molar-refractivity contribution is 5.93. The lowest BCUT2D eigenvalue weighted by atomic mass is 9.71. The Kier molecular flexibility index (Phi) is 6.28. The zero-order valence-electron chi connectivity index (χ0n) is 14.2. The number of anilines is 1. The molecule has 0 bridgehead atoms. The molecule has 0 unspecified atom stereocenters. The van der Waals surface area contributed by atoms with Crippen LogP contribution in [0, 0.1) is 5.41 Å². The lowest BCUT2D eigenvalue weighted by molar-refractivity contribution is -0.118. The van der Waals surface area contributed by atoms with Gasteiger partial charge in [-0.2, -0.15) is 0 Å². The molecule has 1 aromatic carbocycles. The van der Waals surface area contributed by atoms with Crippen molar-refractivity contribution in [1.29, 1.82) is 0 Å². The lowest BCUT2D eigenvalue weighted by Crippen LogP contribution is -2.36. The second-order valence-electron chi connectivity index (χ2n) is 6.28. The van der Waals surface area contributed by atoms with Crippen molar-refractivity contribution in [2.45, 2.75) is 45.4 Å². The summed E-state index contributed by atoms with van der Waals surface area (Å²) in [7, 11) is 1.60. The maximum Gasteiger partial charge on any atom is 0.225 e. The Morgan fingerprint density at radius 3 is 2.65 bits per heavy atom. The third kappa shape index (κ3) is 4.61. The minimum absolute atomic E-state index is 0.00782. The Morgan fingerprint density at radius 2 is 2.04 bits per heavy atom. The van der Waals surface area contributed by atoms with Gasteiger partial charge < -0.3 is 20.5 Å². The van der Waals surface area contributed by atoms with Crippen LogP contribution >= 0.6 is 0 Å². The first-order chi connectivity index (χ1) is 11.1. The van der Waals surface area contributed by atoms with Gasteiger partial charge in [-0.3, -0.25) is 4.79 Å². The summed E-state index contributed by atoms with van der Waals surface area (Å²) in [6, 6.07) is 5.43. The summed E-state index contributed by atoms with van der Waals surface area (Å²) in [6.45, 7) is 3.03. The summed E-state index contributed by atoms with van der Waals surface area (Å²) < 4.78 is 10.8. The summed E-state index contributed by atoms with van der Waals surface area (Å²) in [5.74, 6) is 1.34. The highest BCUT2D eigenvalue weighted by atomic mass is 16.5. The van der Waals surface area contributed by atoms with Gasteiger partial charge in [0.1, 0.15) is 11.5 Å². The van der Waals surface area contributed by atoms with Gasteiger partial charge in [0.15, 0.2) is 0 Å². The SMILES string of the molecule is CCOc1ccc(OC)cc1NC(=O)CC1(CN)CCCCC1. The number of ether oxygens (including phenoxy) is 2. The Labute approximate surface area is 138 Å². The van der Waals surface area contributed by atoms with Crippen molar-refractivity contribution in [1.82, 2.24) is 0 Å². The third-order valence-corrected chi connectivity index (χ3v) is 4.64. The number of hydrogen-bond donors (Lipinski definition) is 2. The fourth-order valence-corrected chi connectivity index (χ4v) is 3.30. The molecule has 5 heteroatoms. The first-order valence-electron chi connectivity index (χ1n) is 8.43. The van der Waals surface area contributed by atoms with Gasteiger partial charge in [-0.1, -0.05) is 19.3 Å². The number of rotatable bonds is 7. The fourth-order valence-electron chi connectivity index (χ4n) is 3.30. The van der Waals surface area contributed by atoms with Crippen LogP contribution in [0.4, 0.5) is 5.69 Å². The lowest BCUT2D eigenvalue weighted by Gasteiger charge is -2.35. The first kappa shape index (κ1) is 17.6. The van der Waals surface area contributed by atoms with Gasteiger partial charge in [0.2, 0.25) is 5.91 Å². The van der Waals surface area contributed by atoms with Crippen LogP contribution in [-0.2, 0) is 4.79 Å². The molecule has 1 aliphatic carbocycles. The van der Waals surface area contributed by atoms with E-state index in [9.17, 15) is 4.79 Å². The average Bonchev–Trinajstić information content (AvgIpc) is 2.57. The normalized spacial score (nSPS) is 16.7. The van der Waals surface area contributed by atoms with E-state index in [1.807, 2.05) is 19.1 Å². The molecular weight excluding hydrogens is 292 g/mol. The number of nitrogens with one attached hydrogen (secondary N) is 1. The molecule has 0 aromatic heterocycles. The van der Waals surface area contributed by atoms with E-state index in [1.54, 1.807) is 13.2 Å². The molecule has 1 aliphatic rings. The van der Waals surface area contributed by atoms with E-state index in [-0.39, 0.29) is 11.3 Å². The van der Waals surface area contributed by atoms with Crippen molar-refractivity contribution in [3.8, 4) is 11.5 Å². The standard InChI is InChI=1S/C18H28N2O3/c1-3-23-16-8-7-14(22-2)11-15(16)20-17(21)12-18(13-19)9-5-4-6-10-18/h7-8,11H,3-6,9-10,12-13,19H2,1-2H3,(H,20,21). The van der Waals surface area contributed by atoms with Crippen LogP contribution in [0.5, 0.6) is 11.5 Å². The molecule has 0 atom stereocenters. The Bertz CT molecular complexity index is 525. The zero-order valence-corrected chi connectivity index (χ0v) is 14.2. The minimum Gasteiger partial charge on any atom is -0.497 e. The summed E-state index contributed by atoms with van der Waals surface area (Å²) >= 11 is 0. The van der Waals surface area contributed by atoms with Crippen molar-refractivity contribution in [3.63, 3.8) is 0 Å². The van der Waals surface area contributed by atoms with Gasteiger partial charge >= 0.3 is 0 Å². The molecule has 0 saturated heterocycles. The van der Waals surface area contributed by atoms with Gasteiger partial charge in [-0.25, -0.2) is 0 Å². The predicted octanol–water partition coefficient (Wildman–Crippen LogP) is 3.33. The smallest absolute Gasteiger partial charge is 0.225 e. The number of benzene rings is 1. The monoisotopic (exact) mass is 320 g/mol. The van der Waals surface area contributed by atoms with Crippen molar-refractivity contribution < 1.29 is 14.3 Å². The van der Waals surface area contributed by atoms with E-state index in [4.69, 9.17) is 15.2 Å². The Hall–Kier alpha value is -1.75. The molecule has 5 nitrogen and oxygen atoms in total. The van der Waals surface area contributed by atoms with Crippen LogP contribution in [0.15, 0.2) is 18.2 Å². The number of carbonyl (C=O) groups excluding carboxylic acids is 1. The molecule has 2 rings (SSSR count). The molecule has 1 fully saturated rings. The number of carbonyl (C=O) groups is 1. The molecule has 23 heavy (non-hydrogen) atoms. The van der Waals surface area contributed by atoms with Gasteiger partial charge in [0, 0.05) is 12.5 Å². The van der Waals surface area contributed by atoms with Crippen molar-refractivity contribution in [2.24, 2.45) is 11.1 Å². The highest BCUT2D eigenvalue weighted by Gasteiger charge is 2.33. The van der Waals surface area contributed by atoms with Crippen LogP contribution in [0.3, 0.4) is 0 Å². The number of amides is 1. The number of hydrogen-bond acceptors (Lipinski definition) is 4. The van der Waals surface area contributed by atoms with E-state index in [0.29, 0.717) is 36.8 Å². The summed E-state index contributed by atoms with van der Waals surface area (Å²) in [4.78, 5) is 12.5. The minimum atomic E-state index is -0.0486. The predicted molar refractivity (Wildman–Crippen MR) is 92.0 cm³/mol. The van der Waals surface area contributed by atoms with Crippen LogP contribution in [-0.4, -0.2) is 26.2 Å². The maximum atomic E-state index is 12.5. The molecule has 0 radical (unpaired) electrons. The van der Waals surface area contributed by atoms with E-state index >= 15 is 0 Å². The van der Waals surface area contributed by atoms with E-state index in [2.05, 4.69) is 5.32 Å². The quantitative estimate of drug-likeness (QED) is 0.808. The molecule has 0 aliphatic heterocycles. The topological polar surface area (TPSA) is 73.6 Å². The molecule has 0 heterocycles. The van der Waals surface area contributed by atoms with Crippen LogP contribution in [0.2, 0.25) is 0 Å². The number of methoxy groups -OCH3 is 1. The van der Waals surface area contributed by atoms with E-state index < -0.39 is 0 Å². The van der Waals surface area contributed by atoms with Crippen molar-refractivity contribution in [2.75, 3.05) is 25.6 Å². The molecule has 1 saturated carbocycles. The number of nitrogens with two attached hydrogens (primary N) is 1. The van der Waals surface area contributed by atoms with Crippen molar-refractivity contribution >= 4 is 11.6 Å². The fraction of sp³-hybridized carbons (Fsp3) is 0.611. The molecule has 1 aromatic rings. The molecule has 3 N–H and O–H groups in total. The van der Waals surface area contributed by atoms with E-state index in [0.717, 1.165) is 25.7 Å².